The molecule has 5 nitrogen and oxygen atoms in total. The van der Waals surface area contributed by atoms with E-state index in [1.54, 1.807) is 11.3 Å². The third-order valence-electron chi connectivity index (χ3n) is 4.88. The van der Waals surface area contributed by atoms with Gasteiger partial charge in [-0.3, -0.25) is 4.79 Å². The Hall–Kier alpha value is -1.73. The molecule has 0 amide bonds. The van der Waals surface area contributed by atoms with Gasteiger partial charge in [-0.05, 0) is 29.5 Å². The molecule has 1 fully saturated rings. The third kappa shape index (κ3) is 2.79. The summed E-state index contributed by atoms with van der Waals surface area (Å²) in [5, 5.41) is 2.65. The molecule has 2 unspecified atom stereocenters. The number of Topliss-reactive ketones (excluding diaryl/α,β-unsaturated/α-hetero) is 1. The Morgan fingerprint density at radius 2 is 2.08 bits per heavy atom. The Balaban J connectivity index is 1.96. The van der Waals surface area contributed by atoms with Crippen molar-refractivity contribution in [2.45, 2.75) is 37.8 Å². The van der Waals surface area contributed by atoms with Gasteiger partial charge in [-0.2, -0.15) is 0 Å². The lowest BCUT2D eigenvalue weighted by atomic mass is 9.65. The number of anilines is 1. The van der Waals surface area contributed by atoms with Crippen LogP contribution in [0.4, 0.5) is 11.6 Å². The molecule has 1 saturated carbocycles. The summed E-state index contributed by atoms with van der Waals surface area (Å²) in [5.74, 6) is 0.944. The van der Waals surface area contributed by atoms with Gasteiger partial charge in [0.1, 0.15) is 11.6 Å². The van der Waals surface area contributed by atoms with E-state index in [9.17, 15) is 4.79 Å². The van der Waals surface area contributed by atoms with E-state index in [0.29, 0.717) is 23.2 Å². The maximum Gasteiger partial charge on any atom is 0.191 e. The third-order valence-corrected chi connectivity index (χ3v) is 6.38. The number of nitrogens with two attached hydrogens (primary N) is 1. The Morgan fingerprint density at radius 3 is 2.76 bits per heavy atom. The van der Waals surface area contributed by atoms with Crippen molar-refractivity contribution in [2.75, 3.05) is 12.0 Å². The zero-order valence-corrected chi connectivity index (χ0v) is 16.1. The zero-order valence-electron chi connectivity index (χ0n) is 14.4. The van der Waals surface area contributed by atoms with Crippen LogP contribution in [0.15, 0.2) is 27.7 Å². The minimum atomic E-state index is -0.245. The van der Waals surface area contributed by atoms with Gasteiger partial charge in [-0.15, -0.1) is 11.3 Å². The summed E-state index contributed by atoms with van der Waals surface area (Å²) < 4.78 is 0. The summed E-state index contributed by atoms with van der Waals surface area (Å²) in [6, 6.07) is 4.08. The fourth-order valence-corrected chi connectivity index (χ4v) is 5.16. The molecular formula is C18H20N4OS2. The van der Waals surface area contributed by atoms with Crippen LogP contribution < -0.4 is 5.73 Å². The first kappa shape index (κ1) is 16.7. The lowest BCUT2D eigenvalue weighted by Gasteiger charge is -2.40. The quantitative estimate of drug-likeness (QED) is 0.635. The Morgan fingerprint density at radius 1 is 1.28 bits per heavy atom. The fourth-order valence-electron chi connectivity index (χ4n) is 3.92. The van der Waals surface area contributed by atoms with Crippen LogP contribution in [0.1, 0.15) is 43.0 Å². The number of carbonyl (C=O) groups is 1. The second-order valence-corrected chi connectivity index (χ2v) is 9.14. The van der Waals surface area contributed by atoms with Gasteiger partial charge in [0.15, 0.2) is 11.0 Å². The predicted molar refractivity (Wildman–Crippen MR) is 103 cm³/mol. The lowest BCUT2D eigenvalue weighted by molar-refractivity contribution is -0.124. The maximum atomic E-state index is 13.0. The first-order chi connectivity index (χ1) is 11.9. The van der Waals surface area contributed by atoms with Crippen LogP contribution in [0.3, 0.4) is 0 Å². The number of thioether (sulfide) groups is 1. The Bertz CT molecular complexity index is 873. The maximum absolute atomic E-state index is 13.0. The predicted octanol–water partition coefficient (Wildman–Crippen LogP) is 4.07. The summed E-state index contributed by atoms with van der Waals surface area (Å²) in [5.41, 5.74) is 7.98. The molecule has 130 valence electrons. The zero-order chi connectivity index (χ0) is 17.8. The number of aromatic nitrogens is 2. The average Bonchev–Trinajstić information content (AvgIpc) is 3.05. The molecule has 0 bridgehead atoms. The van der Waals surface area contributed by atoms with E-state index in [2.05, 4.69) is 29.9 Å². The summed E-state index contributed by atoms with van der Waals surface area (Å²) in [6.07, 6.45) is 3.30. The van der Waals surface area contributed by atoms with Crippen molar-refractivity contribution in [1.29, 1.82) is 0 Å². The van der Waals surface area contributed by atoms with Gasteiger partial charge in [0.2, 0.25) is 0 Å². The normalized spacial score (nSPS) is 24.4. The summed E-state index contributed by atoms with van der Waals surface area (Å²) in [6.45, 7) is 4.25. The van der Waals surface area contributed by atoms with E-state index in [0.717, 1.165) is 22.6 Å². The van der Waals surface area contributed by atoms with Crippen molar-refractivity contribution in [2.24, 2.45) is 16.3 Å². The summed E-state index contributed by atoms with van der Waals surface area (Å²) in [4.78, 5) is 28.0. The molecule has 25 heavy (non-hydrogen) atoms. The van der Waals surface area contributed by atoms with Gasteiger partial charge in [-0.25, -0.2) is 15.0 Å². The number of nitrogen functional groups attached to an aromatic ring is 1. The average molecular weight is 373 g/mol. The SMILES string of the molecule is CSc1nc(N)c2c(n1)N=C1CC(C)(C)CC(=O)C1C2c1cccs1. The monoisotopic (exact) mass is 372 g/mol. The molecule has 0 radical (unpaired) electrons. The van der Waals surface area contributed by atoms with Gasteiger partial charge < -0.3 is 5.73 Å². The highest BCUT2D eigenvalue weighted by molar-refractivity contribution is 7.98. The van der Waals surface area contributed by atoms with Gasteiger partial charge >= 0.3 is 0 Å². The number of aliphatic imine (C=N–C) groups is 1. The van der Waals surface area contributed by atoms with Crippen LogP contribution in [0.5, 0.6) is 0 Å². The second-order valence-electron chi connectivity index (χ2n) is 7.39. The molecule has 1 aliphatic carbocycles. The van der Waals surface area contributed by atoms with Crippen LogP contribution in [-0.2, 0) is 4.79 Å². The highest BCUT2D eigenvalue weighted by atomic mass is 32.2. The number of fused-ring (bicyclic) bond motifs is 2. The van der Waals surface area contributed by atoms with Crippen molar-refractivity contribution in [3.63, 3.8) is 0 Å². The van der Waals surface area contributed by atoms with E-state index in [4.69, 9.17) is 10.7 Å². The molecule has 4 rings (SSSR count). The molecular weight excluding hydrogens is 352 g/mol. The summed E-state index contributed by atoms with van der Waals surface area (Å²) >= 11 is 3.09. The standard InChI is InChI=1S/C18H20N4OS2/c1-18(2)7-9-12(10(23)8-18)13(11-5-4-6-25-11)14-15(19)21-17(24-3)22-16(14)20-9/h4-6,12-13H,7-8H2,1-3H3,(H2,19,21,22). The molecule has 3 heterocycles. The Labute approximate surface area is 155 Å². The number of nitrogens with zero attached hydrogens (tertiary/aromatic N) is 3. The first-order valence-corrected chi connectivity index (χ1v) is 10.3. The smallest absolute Gasteiger partial charge is 0.191 e. The molecule has 2 aliphatic rings. The molecule has 2 aromatic rings. The topological polar surface area (TPSA) is 81.2 Å². The lowest BCUT2D eigenvalue weighted by Crippen LogP contribution is -2.42. The molecule has 2 aromatic heterocycles. The van der Waals surface area contributed by atoms with E-state index in [-0.39, 0.29) is 23.0 Å². The largest absolute Gasteiger partial charge is 0.383 e. The molecule has 2 N–H and O–H groups in total. The van der Waals surface area contributed by atoms with Gasteiger partial charge in [0.05, 0.1) is 5.92 Å². The number of ketones is 1. The number of rotatable bonds is 2. The van der Waals surface area contributed by atoms with Crippen molar-refractivity contribution >= 4 is 46.2 Å². The van der Waals surface area contributed by atoms with E-state index >= 15 is 0 Å². The van der Waals surface area contributed by atoms with Crippen LogP contribution in [-0.4, -0.2) is 27.7 Å². The van der Waals surface area contributed by atoms with Crippen molar-refractivity contribution in [3.05, 3.63) is 28.0 Å². The van der Waals surface area contributed by atoms with Crippen LogP contribution in [0.2, 0.25) is 0 Å². The molecule has 2 atom stereocenters. The Kier molecular flexibility index (Phi) is 3.96. The number of carbonyl (C=O) groups excluding carboxylic acids is 1. The molecule has 0 spiro atoms. The van der Waals surface area contributed by atoms with E-state index in [1.165, 1.54) is 11.8 Å². The fraction of sp³-hybridized carbons (Fsp3) is 0.444. The van der Waals surface area contributed by atoms with Gasteiger partial charge in [0, 0.05) is 28.5 Å². The highest BCUT2D eigenvalue weighted by Gasteiger charge is 2.47. The minimum Gasteiger partial charge on any atom is -0.383 e. The first-order valence-electron chi connectivity index (χ1n) is 8.24. The minimum absolute atomic E-state index is 0.0647. The number of thiophene rings is 1. The highest BCUT2D eigenvalue weighted by Crippen LogP contribution is 2.50. The second kappa shape index (κ2) is 5.92. The van der Waals surface area contributed by atoms with Crippen LogP contribution in [0, 0.1) is 11.3 Å². The molecule has 0 saturated heterocycles. The van der Waals surface area contributed by atoms with E-state index < -0.39 is 0 Å². The number of hydrogen-bond donors (Lipinski definition) is 1. The van der Waals surface area contributed by atoms with Crippen LogP contribution in [0.25, 0.3) is 0 Å². The van der Waals surface area contributed by atoms with Crippen molar-refractivity contribution < 1.29 is 4.79 Å². The van der Waals surface area contributed by atoms with Gasteiger partial charge in [-0.1, -0.05) is 31.7 Å². The van der Waals surface area contributed by atoms with Crippen LogP contribution >= 0.6 is 23.1 Å². The van der Waals surface area contributed by atoms with Crippen molar-refractivity contribution in [1.82, 2.24) is 9.97 Å². The van der Waals surface area contributed by atoms with Gasteiger partial charge in [0.25, 0.3) is 0 Å². The van der Waals surface area contributed by atoms with E-state index in [1.807, 2.05) is 17.7 Å². The molecule has 7 heteroatoms. The van der Waals surface area contributed by atoms with Crippen molar-refractivity contribution in [3.8, 4) is 0 Å². The molecule has 0 aromatic carbocycles. The summed E-state index contributed by atoms with van der Waals surface area (Å²) in [7, 11) is 0. The number of hydrogen-bond acceptors (Lipinski definition) is 7. The molecule has 1 aliphatic heterocycles.